The Morgan fingerprint density at radius 1 is 1.00 bits per heavy atom. The second kappa shape index (κ2) is 9.20. The van der Waals surface area contributed by atoms with E-state index >= 15 is 0 Å². The van der Waals surface area contributed by atoms with Crippen molar-refractivity contribution >= 4 is 23.6 Å². The lowest BCUT2D eigenvalue weighted by Crippen LogP contribution is -2.52. The molecule has 0 spiro atoms. The van der Waals surface area contributed by atoms with Gasteiger partial charge in [0.15, 0.2) is 0 Å². The number of likely N-dealkylation sites (tertiary alicyclic amines) is 1. The van der Waals surface area contributed by atoms with Gasteiger partial charge in [0, 0.05) is 26.1 Å². The van der Waals surface area contributed by atoms with E-state index in [1.54, 1.807) is 24.3 Å². The van der Waals surface area contributed by atoms with Crippen LogP contribution in [0.25, 0.3) is 0 Å². The lowest BCUT2D eigenvalue weighted by molar-refractivity contribution is -0.138. The second-order valence-corrected chi connectivity index (χ2v) is 8.09. The largest absolute Gasteiger partial charge is 0.344 e. The number of amides is 4. The first-order valence-electron chi connectivity index (χ1n) is 10.4. The van der Waals surface area contributed by atoms with Gasteiger partial charge in [-0.1, -0.05) is 26.0 Å². The summed E-state index contributed by atoms with van der Waals surface area (Å²) in [7, 11) is 0. The Balaban J connectivity index is 1.50. The van der Waals surface area contributed by atoms with Crippen LogP contribution in [0, 0.1) is 5.92 Å². The number of carbonyl (C=O) groups is 4. The fourth-order valence-electron chi connectivity index (χ4n) is 3.91. The molecule has 1 aromatic rings. The van der Waals surface area contributed by atoms with E-state index in [4.69, 9.17) is 0 Å². The minimum atomic E-state index is -0.542. The van der Waals surface area contributed by atoms with Gasteiger partial charge in [-0.3, -0.25) is 24.1 Å². The van der Waals surface area contributed by atoms with Gasteiger partial charge in [-0.2, -0.15) is 0 Å². The molecule has 0 bridgehead atoms. The fourth-order valence-corrected chi connectivity index (χ4v) is 3.91. The van der Waals surface area contributed by atoms with Crippen LogP contribution in [0.2, 0.25) is 0 Å². The van der Waals surface area contributed by atoms with Crippen LogP contribution in [-0.4, -0.2) is 59.1 Å². The van der Waals surface area contributed by atoms with E-state index in [0.29, 0.717) is 17.5 Å². The topological polar surface area (TPSA) is 86.8 Å². The first-order chi connectivity index (χ1) is 13.9. The van der Waals surface area contributed by atoms with Crippen molar-refractivity contribution in [2.24, 2.45) is 5.92 Å². The highest BCUT2D eigenvalue weighted by Gasteiger charge is 2.35. The van der Waals surface area contributed by atoms with Crippen molar-refractivity contribution in [3.63, 3.8) is 0 Å². The molecule has 1 atom stereocenters. The molecule has 1 saturated heterocycles. The second-order valence-electron chi connectivity index (χ2n) is 8.09. The highest BCUT2D eigenvalue weighted by Crippen LogP contribution is 2.22. The Morgan fingerprint density at radius 2 is 1.59 bits per heavy atom. The average Bonchev–Trinajstić information content (AvgIpc) is 2.97. The Labute approximate surface area is 171 Å². The van der Waals surface area contributed by atoms with E-state index in [1.165, 1.54) is 4.90 Å². The molecule has 2 heterocycles. The minimum Gasteiger partial charge on any atom is -0.344 e. The standard InChI is InChI=1S/C22H29N3O4/c1-15(2)19(22(29)24-12-6-3-7-13-24)23-18(26)11-8-14-25-20(27)16-9-4-5-10-17(16)21(25)28/h4-5,9-10,15,19H,3,6-8,11-14H2,1-2H3,(H,23,26)/t19-/m0/s1. The summed E-state index contributed by atoms with van der Waals surface area (Å²) < 4.78 is 0. The maximum absolute atomic E-state index is 12.8. The lowest BCUT2D eigenvalue weighted by Gasteiger charge is -2.32. The predicted octanol–water partition coefficient (Wildman–Crippen LogP) is 2.22. The quantitative estimate of drug-likeness (QED) is 0.712. The molecular formula is C22H29N3O4. The van der Waals surface area contributed by atoms with Gasteiger partial charge in [-0.25, -0.2) is 0 Å². The van der Waals surface area contributed by atoms with E-state index in [1.807, 2.05) is 18.7 Å². The van der Waals surface area contributed by atoms with Crippen molar-refractivity contribution in [1.29, 1.82) is 0 Å². The zero-order chi connectivity index (χ0) is 21.0. The molecule has 29 heavy (non-hydrogen) atoms. The summed E-state index contributed by atoms with van der Waals surface area (Å²) >= 11 is 0. The zero-order valence-electron chi connectivity index (χ0n) is 17.1. The molecule has 0 aliphatic carbocycles. The zero-order valence-corrected chi connectivity index (χ0v) is 17.1. The fraction of sp³-hybridized carbons (Fsp3) is 0.545. The van der Waals surface area contributed by atoms with Crippen LogP contribution in [0.4, 0.5) is 0 Å². The first-order valence-corrected chi connectivity index (χ1v) is 10.4. The Morgan fingerprint density at radius 3 is 2.14 bits per heavy atom. The van der Waals surface area contributed by atoms with E-state index in [0.717, 1.165) is 32.4 Å². The molecule has 3 rings (SSSR count). The van der Waals surface area contributed by atoms with Crippen molar-refractivity contribution in [1.82, 2.24) is 15.1 Å². The molecule has 1 fully saturated rings. The number of benzene rings is 1. The maximum Gasteiger partial charge on any atom is 0.261 e. The van der Waals surface area contributed by atoms with Crippen molar-refractivity contribution in [2.75, 3.05) is 19.6 Å². The molecular weight excluding hydrogens is 370 g/mol. The molecule has 2 aliphatic heterocycles. The van der Waals surface area contributed by atoms with E-state index in [9.17, 15) is 19.2 Å². The van der Waals surface area contributed by atoms with E-state index in [-0.39, 0.29) is 42.5 Å². The molecule has 0 unspecified atom stereocenters. The Hall–Kier alpha value is -2.70. The van der Waals surface area contributed by atoms with E-state index in [2.05, 4.69) is 5.32 Å². The Bertz CT molecular complexity index is 764. The van der Waals surface area contributed by atoms with Crippen molar-refractivity contribution in [3.05, 3.63) is 35.4 Å². The molecule has 4 amide bonds. The molecule has 0 aromatic heterocycles. The summed E-state index contributed by atoms with van der Waals surface area (Å²) in [5, 5.41) is 2.86. The molecule has 0 radical (unpaired) electrons. The SMILES string of the molecule is CC(C)[C@H](NC(=O)CCCN1C(=O)c2ccccc2C1=O)C(=O)N1CCCCC1. The van der Waals surface area contributed by atoms with Gasteiger partial charge in [0.05, 0.1) is 11.1 Å². The molecule has 7 heteroatoms. The smallest absolute Gasteiger partial charge is 0.261 e. The number of hydrogen-bond donors (Lipinski definition) is 1. The number of nitrogens with zero attached hydrogens (tertiary/aromatic N) is 2. The number of nitrogens with one attached hydrogen (secondary N) is 1. The van der Waals surface area contributed by atoms with Crippen LogP contribution in [-0.2, 0) is 9.59 Å². The molecule has 0 saturated carbocycles. The third-order valence-electron chi connectivity index (χ3n) is 5.58. The first kappa shape index (κ1) is 21.0. The van der Waals surface area contributed by atoms with Gasteiger partial charge in [-0.05, 0) is 43.7 Å². The summed E-state index contributed by atoms with van der Waals surface area (Å²) in [6.07, 6.45) is 3.67. The number of carbonyl (C=O) groups excluding carboxylic acids is 4. The molecule has 156 valence electrons. The van der Waals surface area contributed by atoms with Gasteiger partial charge >= 0.3 is 0 Å². The predicted molar refractivity (Wildman–Crippen MR) is 108 cm³/mol. The molecule has 7 nitrogen and oxygen atoms in total. The third kappa shape index (κ3) is 4.66. The maximum atomic E-state index is 12.8. The minimum absolute atomic E-state index is 0.00962. The van der Waals surface area contributed by atoms with Crippen molar-refractivity contribution in [2.45, 2.75) is 52.0 Å². The third-order valence-corrected chi connectivity index (χ3v) is 5.58. The summed E-state index contributed by atoms with van der Waals surface area (Å²) in [5.41, 5.74) is 0.822. The number of rotatable bonds is 7. The average molecular weight is 399 g/mol. The number of hydrogen-bond acceptors (Lipinski definition) is 4. The van der Waals surface area contributed by atoms with Crippen LogP contribution in [0.1, 0.15) is 66.7 Å². The van der Waals surface area contributed by atoms with Crippen LogP contribution in [0.5, 0.6) is 0 Å². The summed E-state index contributed by atoms with van der Waals surface area (Å²) in [6.45, 7) is 5.53. The van der Waals surface area contributed by atoms with Gasteiger partial charge in [0.25, 0.3) is 11.8 Å². The van der Waals surface area contributed by atoms with Gasteiger partial charge in [0.1, 0.15) is 6.04 Å². The summed E-state index contributed by atoms with van der Waals surface area (Å²) in [5.74, 6) is -0.888. The van der Waals surface area contributed by atoms with E-state index < -0.39 is 6.04 Å². The summed E-state index contributed by atoms with van der Waals surface area (Å²) in [6, 6.07) is 6.20. The van der Waals surface area contributed by atoms with Gasteiger partial charge in [-0.15, -0.1) is 0 Å². The summed E-state index contributed by atoms with van der Waals surface area (Å²) in [4.78, 5) is 53.0. The monoisotopic (exact) mass is 399 g/mol. The number of imide groups is 1. The van der Waals surface area contributed by atoms with Crippen LogP contribution in [0.15, 0.2) is 24.3 Å². The normalized spacial score (nSPS) is 17.5. The molecule has 2 aliphatic rings. The van der Waals surface area contributed by atoms with Gasteiger partial charge in [0.2, 0.25) is 11.8 Å². The highest BCUT2D eigenvalue weighted by atomic mass is 16.2. The molecule has 1 aromatic carbocycles. The van der Waals surface area contributed by atoms with Crippen molar-refractivity contribution in [3.8, 4) is 0 Å². The van der Waals surface area contributed by atoms with Crippen LogP contribution >= 0.6 is 0 Å². The van der Waals surface area contributed by atoms with Crippen LogP contribution < -0.4 is 5.32 Å². The van der Waals surface area contributed by atoms with Gasteiger partial charge < -0.3 is 10.2 Å². The number of fused-ring (bicyclic) bond motifs is 1. The molecule has 1 N–H and O–H groups in total. The van der Waals surface area contributed by atoms with Crippen LogP contribution in [0.3, 0.4) is 0 Å². The lowest BCUT2D eigenvalue weighted by atomic mass is 10.0. The number of piperidine rings is 1. The highest BCUT2D eigenvalue weighted by molar-refractivity contribution is 6.21. The van der Waals surface area contributed by atoms with Crippen molar-refractivity contribution < 1.29 is 19.2 Å². The Kier molecular flexibility index (Phi) is 6.67.